The Morgan fingerprint density at radius 1 is 1.41 bits per heavy atom. The van der Waals surface area contributed by atoms with Crippen LogP contribution in [-0.2, 0) is 11.2 Å². The molecule has 152 valence electrons. The van der Waals surface area contributed by atoms with Crippen LogP contribution in [0, 0.1) is 5.92 Å². The summed E-state index contributed by atoms with van der Waals surface area (Å²) in [6.07, 6.45) is 0.998. The fourth-order valence-electron chi connectivity index (χ4n) is 3.19. The van der Waals surface area contributed by atoms with E-state index in [0.29, 0.717) is 5.92 Å². The SMILES string of the molecule is CN=C(NCCc1ccc(OC)cc1Cl)NCC1CN(CC(C)C)CCO1. The van der Waals surface area contributed by atoms with Crippen LogP contribution in [0.25, 0.3) is 0 Å². The summed E-state index contributed by atoms with van der Waals surface area (Å²) >= 11 is 6.29. The highest BCUT2D eigenvalue weighted by molar-refractivity contribution is 6.31. The largest absolute Gasteiger partial charge is 0.497 e. The van der Waals surface area contributed by atoms with Gasteiger partial charge in [-0.05, 0) is 30.0 Å². The second kappa shape index (κ2) is 11.4. The zero-order chi connectivity index (χ0) is 19.6. The monoisotopic (exact) mass is 396 g/mol. The van der Waals surface area contributed by atoms with Crippen molar-refractivity contribution in [2.75, 3.05) is 53.5 Å². The van der Waals surface area contributed by atoms with Crippen LogP contribution >= 0.6 is 11.6 Å². The molecule has 2 rings (SSSR count). The van der Waals surface area contributed by atoms with Gasteiger partial charge in [-0.25, -0.2) is 0 Å². The standard InChI is InChI=1S/C20H33ClN4O2/c1-15(2)13-25-9-10-27-18(14-25)12-24-20(22-3)23-8-7-16-5-6-17(26-4)11-19(16)21/h5-6,11,15,18H,7-10,12-14H2,1-4H3,(H2,22,23,24). The van der Waals surface area contributed by atoms with Gasteiger partial charge in [-0.15, -0.1) is 0 Å². The van der Waals surface area contributed by atoms with Gasteiger partial charge in [0.05, 0.1) is 19.8 Å². The molecular weight excluding hydrogens is 364 g/mol. The fraction of sp³-hybridized carbons (Fsp3) is 0.650. The molecule has 1 heterocycles. The Morgan fingerprint density at radius 3 is 2.89 bits per heavy atom. The first kappa shape index (κ1) is 21.8. The van der Waals surface area contributed by atoms with Crippen molar-refractivity contribution in [3.8, 4) is 5.75 Å². The molecule has 2 N–H and O–H groups in total. The van der Waals surface area contributed by atoms with E-state index in [1.807, 2.05) is 18.2 Å². The maximum absolute atomic E-state index is 6.29. The lowest BCUT2D eigenvalue weighted by Gasteiger charge is -2.34. The van der Waals surface area contributed by atoms with Gasteiger partial charge in [-0.1, -0.05) is 31.5 Å². The van der Waals surface area contributed by atoms with E-state index >= 15 is 0 Å². The average Bonchev–Trinajstić information content (AvgIpc) is 2.65. The summed E-state index contributed by atoms with van der Waals surface area (Å²) in [5.41, 5.74) is 1.08. The molecule has 0 spiro atoms. The lowest BCUT2D eigenvalue weighted by Crippen LogP contribution is -2.50. The van der Waals surface area contributed by atoms with Gasteiger partial charge in [0, 0.05) is 44.8 Å². The average molecular weight is 397 g/mol. The van der Waals surface area contributed by atoms with Crippen molar-refractivity contribution < 1.29 is 9.47 Å². The molecule has 0 saturated carbocycles. The summed E-state index contributed by atoms with van der Waals surface area (Å²) < 4.78 is 11.1. The summed E-state index contributed by atoms with van der Waals surface area (Å²) in [7, 11) is 3.42. The quantitative estimate of drug-likeness (QED) is 0.522. The third-order valence-corrected chi connectivity index (χ3v) is 4.87. The molecule has 0 amide bonds. The Morgan fingerprint density at radius 2 is 2.22 bits per heavy atom. The second-order valence-corrected chi connectivity index (χ2v) is 7.64. The number of ether oxygens (including phenoxy) is 2. The van der Waals surface area contributed by atoms with Crippen molar-refractivity contribution in [2.45, 2.75) is 26.4 Å². The van der Waals surface area contributed by atoms with Crippen LogP contribution in [0.3, 0.4) is 0 Å². The third kappa shape index (κ3) is 7.56. The lowest BCUT2D eigenvalue weighted by atomic mass is 10.1. The van der Waals surface area contributed by atoms with E-state index in [1.165, 1.54) is 0 Å². The van der Waals surface area contributed by atoms with Gasteiger partial charge in [0.1, 0.15) is 5.75 Å². The number of nitrogens with zero attached hydrogens (tertiary/aromatic N) is 2. The predicted molar refractivity (Wildman–Crippen MR) is 112 cm³/mol. The molecule has 0 bridgehead atoms. The van der Waals surface area contributed by atoms with Crippen LogP contribution in [0.2, 0.25) is 5.02 Å². The van der Waals surface area contributed by atoms with E-state index in [0.717, 1.165) is 68.0 Å². The van der Waals surface area contributed by atoms with Crippen molar-refractivity contribution in [1.29, 1.82) is 0 Å². The topological polar surface area (TPSA) is 58.1 Å². The Bertz CT molecular complexity index is 610. The molecule has 1 saturated heterocycles. The highest BCUT2D eigenvalue weighted by Gasteiger charge is 2.21. The normalized spacial score (nSPS) is 18.6. The predicted octanol–water partition coefficient (Wildman–Crippen LogP) is 2.41. The molecule has 27 heavy (non-hydrogen) atoms. The Kier molecular flexibility index (Phi) is 9.18. The van der Waals surface area contributed by atoms with E-state index in [2.05, 4.69) is 34.4 Å². The number of guanidine groups is 1. The van der Waals surface area contributed by atoms with Crippen LogP contribution in [0.4, 0.5) is 0 Å². The molecule has 1 aromatic carbocycles. The maximum Gasteiger partial charge on any atom is 0.191 e. The zero-order valence-corrected chi connectivity index (χ0v) is 17.7. The number of benzene rings is 1. The number of rotatable bonds is 8. The molecule has 1 atom stereocenters. The van der Waals surface area contributed by atoms with Crippen molar-refractivity contribution in [3.05, 3.63) is 28.8 Å². The van der Waals surface area contributed by atoms with Crippen LogP contribution in [-0.4, -0.2) is 70.5 Å². The van der Waals surface area contributed by atoms with Crippen molar-refractivity contribution in [1.82, 2.24) is 15.5 Å². The summed E-state index contributed by atoms with van der Waals surface area (Å²) in [6.45, 7) is 9.89. The van der Waals surface area contributed by atoms with Crippen LogP contribution in [0.15, 0.2) is 23.2 Å². The van der Waals surface area contributed by atoms with E-state index in [9.17, 15) is 0 Å². The molecule has 0 radical (unpaired) electrons. The first-order valence-electron chi connectivity index (χ1n) is 9.62. The van der Waals surface area contributed by atoms with E-state index in [4.69, 9.17) is 21.1 Å². The maximum atomic E-state index is 6.29. The van der Waals surface area contributed by atoms with Crippen LogP contribution < -0.4 is 15.4 Å². The van der Waals surface area contributed by atoms with Gasteiger partial charge in [0.25, 0.3) is 0 Å². The molecular formula is C20H33ClN4O2. The Balaban J connectivity index is 1.73. The molecule has 1 fully saturated rings. The minimum atomic E-state index is 0.187. The summed E-state index contributed by atoms with van der Waals surface area (Å²) in [5, 5.41) is 7.43. The fourth-order valence-corrected chi connectivity index (χ4v) is 3.46. The van der Waals surface area contributed by atoms with Crippen molar-refractivity contribution >= 4 is 17.6 Å². The van der Waals surface area contributed by atoms with Gasteiger partial charge in [-0.3, -0.25) is 9.89 Å². The molecule has 1 unspecified atom stereocenters. The molecule has 6 nitrogen and oxygen atoms in total. The highest BCUT2D eigenvalue weighted by atomic mass is 35.5. The second-order valence-electron chi connectivity index (χ2n) is 7.23. The minimum absolute atomic E-state index is 0.187. The van der Waals surface area contributed by atoms with Crippen molar-refractivity contribution in [2.24, 2.45) is 10.9 Å². The van der Waals surface area contributed by atoms with Crippen LogP contribution in [0.5, 0.6) is 5.75 Å². The van der Waals surface area contributed by atoms with Gasteiger partial charge >= 0.3 is 0 Å². The van der Waals surface area contributed by atoms with E-state index < -0.39 is 0 Å². The number of hydrogen-bond donors (Lipinski definition) is 2. The lowest BCUT2D eigenvalue weighted by molar-refractivity contribution is -0.0284. The number of methoxy groups -OCH3 is 1. The smallest absolute Gasteiger partial charge is 0.191 e. The van der Waals surface area contributed by atoms with Gasteiger partial charge in [0.15, 0.2) is 5.96 Å². The summed E-state index contributed by atoms with van der Waals surface area (Å²) in [4.78, 5) is 6.77. The van der Waals surface area contributed by atoms with E-state index in [-0.39, 0.29) is 6.10 Å². The van der Waals surface area contributed by atoms with Gasteiger partial charge < -0.3 is 20.1 Å². The molecule has 1 aliphatic heterocycles. The Labute approximate surface area is 168 Å². The Hall–Kier alpha value is -1.50. The number of halogens is 1. The number of morpholine rings is 1. The van der Waals surface area contributed by atoms with Crippen LogP contribution in [0.1, 0.15) is 19.4 Å². The number of hydrogen-bond acceptors (Lipinski definition) is 4. The number of aliphatic imine (C=N–C) groups is 1. The highest BCUT2D eigenvalue weighted by Crippen LogP contribution is 2.22. The molecule has 0 aromatic heterocycles. The first-order valence-corrected chi connectivity index (χ1v) is 10.0. The van der Waals surface area contributed by atoms with Gasteiger partial charge in [0.2, 0.25) is 0 Å². The first-order chi connectivity index (χ1) is 13.0. The van der Waals surface area contributed by atoms with E-state index in [1.54, 1.807) is 14.2 Å². The molecule has 1 aliphatic rings. The zero-order valence-electron chi connectivity index (χ0n) is 16.9. The van der Waals surface area contributed by atoms with Gasteiger partial charge in [-0.2, -0.15) is 0 Å². The van der Waals surface area contributed by atoms with Crippen molar-refractivity contribution in [3.63, 3.8) is 0 Å². The molecule has 7 heteroatoms. The third-order valence-electron chi connectivity index (χ3n) is 4.51. The summed E-state index contributed by atoms with van der Waals surface area (Å²) in [5.74, 6) is 2.23. The summed E-state index contributed by atoms with van der Waals surface area (Å²) in [6, 6.07) is 5.77. The molecule has 1 aromatic rings. The number of nitrogens with one attached hydrogen (secondary N) is 2. The molecule has 0 aliphatic carbocycles. The minimum Gasteiger partial charge on any atom is -0.497 e.